The lowest BCUT2D eigenvalue weighted by atomic mass is 10.2. The number of amides is 1. The molecule has 0 bridgehead atoms. The summed E-state index contributed by atoms with van der Waals surface area (Å²) in [5.41, 5.74) is -0.302. The second-order valence-corrected chi connectivity index (χ2v) is 9.64. The van der Waals surface area contributed by atoms with Crippen LogP contribution in [0.4, 0.5) is 4.79 Å². The summed E-state index contributed by atoms with van der Waals surface area (Å²) in [7, 11) is -2.72. The number of aryl methyl sites for hydroxylation is 1. The lowest BCUT2D eigenvalue weighted by Crippen LogP contribution is -2.38. The molecule has 1 aromatic heterocycles. The Morgan fingerprint density at radius 2 is 1.79 bits per heavy atom. The van der Waals surface area contributed by atoms with E-state index in [1.807, 2.05) is 6.92 Å². The normalized spacial score (nSPS) is 11.8. The van der Waals surface area contributed by atoms with E-state index < -0.39 is 21.7 Å². The van der Waals surface area contributed by atoms with Gasteiger partial charge in [0.2, 0.25) is 15.9 Å². The molecule has 29 heavy (non-hydrogen) atoms. The average molecular weight is 442 g/mol. The summed E-state index contributed by atoms with van der Waals surface area (Å²) in [6.45, 7) is 6.90. The fraction of sp³-hybridized carbons (Fsp3) is 0.421. The first kappa shape index (κ1) is 22.9. The molecule has 0 spiro atoms. The van der Waals surface area contributed by atoms with E-state index in [0.29, 0.717) is 33.7 Å². The van der Waals surface area contributed by atoms with Gasteiger partial charge in [-0.2, -0.15) is 4.98 Å². The first-order valence-electron chi connectivity index (χ1n) is 8.89. The van der Waals surface area contributed by atoms with E-state index in [1.165, 1.54) is 13.1 Å². The number of sulfonamides is 1. The van der Waals surface area contributed by atoms with Crippen LogP contribution in [0.1, 0.15) is 39.1 Å². The first-order valence-corrected chi connectivity index (χ1v) is 10.9. The molecule has 0 saturated carbocycles. The van der Waals surface area contributed by atoms with E-state index >= 15 is 0 Å². The second kappa shape index (κ2) is 8.96. The number of carbonyl (C=O) groups excluding carboxylic acids is 1. The first-order chi connectivity index (χ1) is 13.4. The standard InChI is InChI=1S/C19H24ClN3O5S/c1-6-16-21-15(20)11-17(22-16)27-14-9-7-13(8-10-14)12-29(25,26)23(5)18(24)28-19(2,3)4/h7-11H,6,12H2,1-5H3. The Morgan fingerprint density at radius 3 is 2.34 bits per heavy atom. The van der Waals surface area contributed by atoms with Crippen molar-refractivity contribution in [2.24, 2.45) is 0 Å². The van der Waals surface area contributed by atoms with Gasteiger partial charge >= 0.3 is 6.09 Å². The molecule has 0 fully saturated rings. The maximum atomic E-state index is 12.5. The highest BCUT2D eigenvalue weighted by atomic mass is 35.5. The van der Waals surface area contributed by atoms with E-state index in [1.54, 1.807) is 45.0 Å². The summed E-state index contributed by atoms with van der Waals surface area (Å²) in [5, 5.41) is 0.278. The summed E-state index contributed by atoms with van der Waals surface area (Å²) in [6, 6.07) is 7.91. The van der Waals surface area contributed by atoms with E-state index in [-0.39, 0.29) is 10.9 Å². The van der Waals surface area contributed by atoms with Crippen LogP contribution in [0.25, 0.3) is 0 Å². The lowest BCUT2D eigenvalue weighted by molar-refractivity contribution is 0.0420. The van der Waals surface area contributed by atoms with Gasteiger partial charge < -0.3 is 9.47 Å². The van der Waals surface area contributed by atoms with Gasteiger partial charge in [0.1, 0.15) is 22.3 Å². The molecule has 8 nitrogen and oxygen atoms in total. The number of aromatic nitrogens is 2. The summed E-state index contributed by atoms with van der Waals surface area (Å²) in [4.78, 5) is 20.3. The SMILES string of the molecule is CCc1nc(Cl)cc(Oc2ccc(CS(=O)(=O)N(C)C(=O)OC(C)(C)C)cc2)n1. The highest BCUT2D eigenvalue weighted by Crippen LogP contribution is 2.23. The third-order valence-corrected chi connectivity index (χ3v) is 5.47. The molecule has 0 N–H and O–H groups in total. The van der Waals surface area contributed by atoms with Crippen LogP contribution >= 0.6 is 11.6 Å². The molecular weight excluding hydrogens is 418 g/mol. The van der Waals surface area contributed by atoms with Crippen molar-refractivity contribution in [2.75, 3.05) is 7.05 Å². The molecule has 0 saturated heterocycles. The Morgan fingerprint density at radius 1 is 1.17 bits per heavy atom. The Kier molecular flexibility index (Phi) is 7.07. The smallest absolute Gasteiger partial charge is 0.423 e. The van der Waals surface area contributed by atoms with Crippen molar-refractivity contribution in [1.82, 2.24) is 14.3 Å². The van der Waals surface area contributed by atoms with Crippen LogP contribution in [-0.4, -0.2) is 41.4 Å². The molecule has 0 aliphatic heterocycles. The lowest BCUT2D eigenvalue weighted by Gasteiger charge is -2.24. The summed E-state index contributed by atoms with van der Waals surface area (Å²) in [6.07, 6.45) is -0.316. The zero-order valence-electron chi connectivity index (χ0n) is 17.0. The van der Waals surface area contributed by atoms with Gasteiger partial charge in [-0.1, -0.05) is 30.7 Å². The van der Waals surface area contributed by atoms with Crippen LogP contribution in [0.15, 0.2) is 30.3 Å². The van der Waals surface area contributed by atoms with Crippen molar-refractivity contribution >= 4 is 27.7 Å². The van der Waals surface area contributed by atoms with Gasteiger partial charge in [0, 0.05) is 19.5 Å². The maximum absolute atomic E-state index is 12.5. The molecule has 10 heteroatoms. The van der Waals surface area contributed by atoms with Crippen molar-refractivity contribution in [1.29, 1.82) is 0 Å². The number of benzene rings is 1. The van der Waals surface area contributed by atoms with E-state index in [9.17, 15) is 13.2 Å². The van der Waals surface area contributed by atoms with E-state index in [0.717, 1.165) is 0 Å². The van der Waals surface area contributed by atoms with Crippen molar-refractivity contribution in [2.45, 2.75) is 45.5 Å². The Hall–Kier alpha value is -2.39. The molecule has 158 valence electrons. The highest BCUT2D eigenvalue weighted by molar-refractivity contribution is 7.88. The number of hydrogen-bond donors (Lipinski definition) is 0. The second-order valence-electron chi connectivity index (χ2n) is 7.25. The number of halogens is 1. The Balaban J connectivity index is 2.08. The van der Waals surface area contributed by atoms with Crippen LogP contribution in [0.2, 0.25) is 5.15 Å². The Labute approximate surface area is 175 Å². The molecule has 0 unspecified atom stereocenters. The van der Waals surface area contributed by atoms with Gasteiger partial charge in [-0.25, -0.2) is 22.5 Å². The fourth-order valence-electron chi connectivity index (χ4n) is 2.17. The van der Waals surface area contributed by atoms with E-state index in [4.69, 9.17) is 21.1 Å². The van der Waals surface area contributed by atoms with Gasteiger partial charge in [0.25, 0.3) is 0 Å². The van der Waals surface area contributed by atoms with Crippen LogP contribution < -0.4 is 4.74 Å². The van der Waals surface area contributed by atoms with Gasteiger partial charge in [-0.3, -0.25) is 0 Å². The zero-order valence-corrected chi connectivity index (χ0v) is 18.5. The number of hydrogen-bond acceptors (Lipinski definition) is 7. The predicted molar refractivity (Wildman–Crippen MR) is 110 cm³/mol. The van der Waals surface area contributed by atoms with Crippen molar-refractivity contribution in [3.63, 3.8) is 0 Å². The molecular formula is C19H24ClN3O5S. The summed E-state index contributed by atoms with van der Waals surface area (Å²) < 4.78 is 36.3. The van der Waals surface area contributed by atoms with Crippen LogP contribution in [0, 0.1) is 0 Å². The Bertz CT molecular complexity index is 972. The average Bonchev–Trinajstić information content (AvgIpc) is 2.60. The molecule has 0 aliphatic carbocycles. The van der Waals surface area contributed by atoms with Crippen molar-refractivity contribution < 1.29 is 22.7 Å². The van der Waals surface area contributed by atoms with E-state index in [2.05, 4.69) is 9.97 Å². The topological polar surface area (TPSA) is 98.7 Å². The zero-order chi connectivity index (χ0) is 21.8. The largest absolute Gasteiger partial charge is 0.443 e. The summed E-state index contributed by atoms with van der Waals surface area (Å²) >= 11 is 5.95. The van der Waals surface area contributed by atoms with Crippen molar-refractivity contribution in [3.05, 3.63) is 46.9 Å². The molecule has 1 aromatic carbocycles. The highest BCUT2D eigenvalue weighted by Gasteiger charge is 2.28. The number of ether oxygens (including phenoxy) is 2. The number of carbonyl (C=O) groups is 1. The molecule has 2 aromatic rings. The maximum Gasteiger partial charge on any atom is 0.423 e. The van der Waals surface area contributed by atoms with Crippen molar-refractivity contribution in [3.8, 4) is 11.6 Å². The molecule has 1 amide bonds. The van der Waals surface area contributed by atoms with Crippen LogP contribution in [-0.2, 0) is 26.9 Å². The predicted octanol–water partition coefficient (Wildman–Crippen LogP) is 4.18. The minimum atomic E-state index is -3.89. The van der Waals surface area contributed by atoms with Crippen LogP contribution in [0.5, 0.6) is 11.6 Å². The fourth-order valence-corrected chi connectivity index (χ4v) is 3.44. The minimum absolute atomic E-state index is 0.278. The van der Waals surface area contributed by atoms with Gasteiger partial charge in [0.15, 0.2) is 0 Å². The minimum Gasteiger partial charge on any atom is -0.443 e. The molecule has 0 atom stereocenters. The monoisotopic (exact) mass is 441 g/mol. The van der Waals surface area contributed by atoms with Gasteiger partial charge in [0.05, 0.1) is 5.75 Å². The molecule has 1 heterocycles. The molecule has 0 aliphatic rings. The quantitative estimate of drug-likeness (QED) is 0.620. The third-order valence-electron chi connectivity index (χ3n) is 3.60. The molecule has 2 rings (SSSR count). The van der Waals surface area contributed by atoms with Gasteiger partial charge in [-0.15, -0.1) is 0 Å². The molecule has 0 radical (unpaired) electrons. The number of rotatable bonds is 6. The van der Waals surface area contributed by atoms with Gasteiger partial charge in [-0.05, 0) is 38.5 Å². The van der Waals surface area contributed by atoms with Crippen LogP contribution in [0.3, 0.4) is 0 Å². The third kappa shape index (κ3) is 6.86. The summed E-state index contributed by atoms with van der Waals surface area (Å²) in [5.74, 6) is 0.957. The number of nitrogens with zero attached hydrogens (tertiary/aromatic N) is 3.